The zero-order chi connectivity index (χ0) is 21.6. The number of fused-ring (bicyclic) bond motifs is 1. The predicted octanol–water partition coefficient (Wildman–Crippen LogP) is 2.37. The Kier molecular flexibility index (Phi) is 5.39. The number of rotatable bonds is 3. The van der Waals surface area contributed by atoms with E-state index in [1.807, 2.05) is 0 Å². The van der Waals surface area contributed by atoms with E-state index < -0.39 is 33.7 Å². The van der Waals surface area contributed by atoms with Crippen LogP contribution in [0.15, 0.2) is 47.4 Å². The van der Waals surface area contributed by atoms with Crippen LogP contribution in [0, 0.1) is 0 Å². The first-order valence-electron chi connectivity index (χ1n) is 8.95. The van der Waals surface area contributed by atoms with Crippen LogP contribution in [-0.4, -0.2) is 66.1 Å². The Bertz CT molecular complexity index is 1030. The molecule has 158 valence electrons. The Hall–Kier alpha value is -2.17. The van der Waals surface area contributed by atoms with Gasteiger partial charge in [-0.05, 0) is 25.3 Å². The highest BCUT2D eigenvalue weighted by Gasteiger charge is 2.57. The average molecular weight is 430 g/mol. The number of alkyl halides is 3. The lowest BCUT2D eigenvalue weighted by atomic mass is 10.0. The molecule has 0 saturated carbocycles. The lowest BCUT2D eigenvalue weighted by Crippen LogP contribution is -2.62. The fraction of sp³-hybridized carbons (Fsp3) is 0.421. The van der Waals surface area contributed by atoms with Gasteiger partial charge in [-0.25, -0.2) is 8.42 Å². The lowest BCUT2D eigenvalue weighted by molar-refractivity contribution is -0.250. The Balaban J connectivity index is 1.87. The summed E-state index contributed by atoms with van der Waals surface area (Å²) in [6.07, 6.45) is -5.13. The number of aliphatic hydroxyl groups is 1. The first-order valence-corrected chi connectivity index (χ1v) is 10.4. The van der Waals surface area contributed by atoms with Gasteiger partial charge in [0.1, 0.15) is 0 Å². The van der Waals surface area contributed by atoms with Crippen LogP contribution >= 0.6 is 0 Å². The van der Waals surface area contributed by atoms with Crippen molar-refractivity contribution >= 4 is 26.7 Å². The highest BCUT2D eigenvalue weighted by atomic mass is 32.2. The second-order valence-corrected chi connectivity index (χ2v) is 9.12. The van der Waals surface area contributed by atoms with Gasteiger partial charge in [0.2, 0.25) is 15.6 Å². The van der Waals surface area contributed by atoms with E-state index in [1.165, 1.54) is 17.3 Å². The zero-order valence-electron chi connectivity index (χ0n) is 15.8. The number of piperazine rings is 1. The summed E-state index contributed by atoms with van der Waals surface area (Å²) in [5, 5.41) is 10.9. The van der Waals surface area contributed by atoms with E-state index in [1.54, 1.807) is 36.4 Å². The summed E-state index contributed by atoms with van der Waals surface area (Å²) < 4.78 is 66.6. The van der Waals surface area contributed by atoms with Crippen molar-refractivity contribution in [2.45, 2.75) is 36.6 Å². The Morgan fingerprint density at radius 1 is 1.10 bits per heavy atom. The second kappa shape index (κ2) is 7.26. The highest BCUT2D eigenvalue weighted by Crippen LogP contribution is 2.33. The van der Waals surface area contributed by atoms with Crippen LogP contribution in [0.1, 0.15) is 13.8 Å². The molecule has 0 unspecified atom stereocenters. The van der Waals surface area contributed by atoms with Crippen molar-refractivity contribution in [1.82, 2.24) is 9.21 Å². The van der Waals surface area contributed by atoms with Crippen LogP contribution < -0.4 is 0 Å². The maximum atomic E-state index is 13.2. The highest BCUT2D eigenvalue weighted by molar-refractivity contribution is 7.89. The minimum Gasteiger partial charge on any atom is -0.373 e. The summed E-state index contributed by atoms with van der Waals surface area (Å²) in [6.45, 7) is 1.24. The average Bonchev–Trinajstić information content (AvgIpc) is 2.65. The number of halogens is 3. The van der Waals surface area contributed by atoms with Gasteiger partial charge in [-0.2, -0.15) is 17.5 Å². The molecule has 0 radical (unpaired) electrons. The summed E-state index contributed by atoms with van der Waals surface area (Å²) in [7, 11) is -3.94. The number of hydrogen-bond acceptors (Lipinski definition) is 4. The van der Waals surface area contributed by atoms with Crippen molar-refractivity contribution in [3.8, 4) is 0 Å². The molecule has 29 heavy (non-hydrogen) atoms. The molecule has 1 fully saturated rings. The largest absolute Gasteiger partial charge is 0.426 e. The number of carbonyl (C=O) groups excluding carboxylic acids is 1. The van der Waals surface area contributed by atoms with Crippen LogP contribution in [-0.2, 0) is 14.8 Å². The molecule has 10 heteroatoms. The molecule has 1 aliphatic rings. The Morgan fingerprint density at radius 3 is 2.34 bits per heavy atom. The Morgan fingerprint density at radius 2 is 1.72 bits per heavy atom. The summed E-state index contributed by atoms with van der Waals surface area (Å²) in [4.78, 5) is 13.2. The quantitative estimate of drug-likeness (QED) is 0.811. The van der Waals surface area contributed by atoms with Crippen LogP contribution in [0.2, 0.25) is 0 Å². The third-order valence-electron chi connectivity index (χ3n) is 5.16. The normalized spacial score (nSPS) is 21.2. The van der Waals surface area contributed by atoms with E-state index in [0.717, 1.165) is 10.3 Å². The maximum absolute atomic E-state index is 13.2. The van der Waals surface area contributed by atoms with Crippen LogP contribution in [0.5, 0.6) is 0 Å². The van der Waals surface area contributed by atoms with E-state index >= 15 is 0 Å². The second-order valence-electron chi connectivity index (χ2n) is 7.26. The van der Waals surface area contributed by atoms with Gasteiger partial charge in [-0.3, -0.25) is 4.79 Å². The first-order chi connectivity index (χ1) is 13.4. The summed E-state index contributed by atoms with van der Waals surface area (Å²) in [5.41, 5.74) is -3.52. The molecule has 1 amide bonds. The van der Waals surface area contributed by atoms with Gasteiger partial charge >= 0.3 is 6.18 Å². The van der Waals surface area contributed by atoms with Crippen molar-refractivity contribution in [2.24, 2.45) is 0 Å². The molecule has 0 bridgehead atoms. The molecule has 2 aromatic carbocycles. The molecular weight excluding hydrogens is 409 g/mol. The standard InChI is InChI=1S/C19H21F3N2O4S/c1-13-12-23(17(25)18(2,26)19(20,21)22)10-11-24(13)29(27,28)16-9-5-7-14-6-3-4-8-15(14)16/h3-9,13,26H,10-12H2,1-2H3/t13-,18-/m1/s1. The third kappa shape index (κ3) is 3.72. The van der Waals surface area contributed by atoms with E-state index in [0.29, 0.717) is 12.3 Å². The van der Waals surface area contributed by atoms with Gasteiger partial charge in [-0.1, -0.05) is 36.4 Å². The minimum atomic E-state index is -5.13. The van der Waals surface area contributed by atoms with Crippen molar-refractivity contribution in [3.63, 3.8) is 0 Å². The molecule has 1 N–H and O–H groups in total. The topological polar surface area (TPSA) is 77.9 Å². The molecule has 0 spiro atoms. The van der Waals surface area contributed by atoms with Gasteiger partial charge in [0, 0.05) is 31.1 Å². The van der Waals surface area contributed by atoms with Crippen LogP contribution in [0.25, 0.3) is 10.8 Å². The molecule has 1 aliphatic heterocycles. The summed E-state index contributed by atoms with van der Waals surface area (Å²) in [5.74, 6) is -1.49. The van der Waals surface area contributed by atoms with E-state index in [-0.39, 0.29) is 24.5 Å². The number of amides is 1. The SMILES string of the molecule is C[C@@H]1CN(C(=O)[C@@](C)(O)C(F)(F)F)CCN1S(=O)(=O)c1cccc2ccccc12. The van der Waals surface area contributed by atoms with E-state index in [2.05, 4.69) is 0 Å². The smallest absolute Gasteiger partial charge is 0.373 e. The first kappa shape index (κ1) is 21.5. The number of sulfonamides is 1. The zero-order valence-corrected chi connectivity index (χ0v) is 16.7. The minimum absolute atomic E-state index is 0.101. The fourth-order valence-corrected chi connectivity index (χ4v) is 5.29. The van der Waals surface area contributed by atoms with Gasteiger partial charge in [0.25, 0.3) is 5.91 Å². The van der Waals surface area contributed by atoms with Crippen molar-refractivity contribution < 1.29 is 31.5 Å². The third-order valence-corrected chi connectivity index (χ3v) is 7.23. The van der Waals surface area contributed by atoms with Gasteiger partial charge in [0.05, 0.1) is 4.90 Å². The van der Waals surface area contributed by atoms with E-state index in [9.17, 15) is 31.5 Å². The van der Waals surface area contributed by atoms with Gasteiger partial charge < -0.3 is 10.0 Å². The molecule has 2 aromatic rings. The molecule has 0 aromatic heterocycles. The summed E-state index contributed by atoms with van der Waals surface area (Å²) in [6, 6.07) is 11.1. The molecule has 1 saturated heterocycles. The molecule has 1 heterocycles. The number of nitrogens with zero attached hydrogens (tertiary/aromatic N) is 2. The fourth-order valence-electron chi connectivity index (χ4n) is 3.46. The molecule has 3 rings (SSSR count). The molecular formula is C19H21F3N2O4S. The number of carbonyl (C=O) groups is 1. The van der Waals surface area contributed by atoms with Gasteiger partial charge in [-0.15, -0.1) is 0 Å². The van der Waals surface area contributed by atoms with Crippen LogP contribution in [0.4, 0.5) is 13.2 Å². The van der Waals surface area contributed by atoms with Crippen molar-refractivity contribution in [3.05, 3.63) is 42.5 Å². The van der Waals surface area contributed by atoms with Crippen molar-refractivity contribution in [1.29, 1.82) is 0 Å². The Labute approximate surface area is 166 Å². The van der Waals surface area contributed by atoms with Gasteiger partial charge in [0.15, 0.2) is 0 Å². The predicted molar refractivity (Wildman–Crippen MR) is 101 cm³/mol. The van der Waals surface area contributed by atoms with Crippen molar-refractivity contribution in [2.75, 3.05) is 19.6 Å². The lowest BCUT2D eigenvalue weighted by Gasteiger charge is -2.41. The van der Waals surface area contributed by atoms with E-state index in [4.69, 9.17) is 0 Å². The number of hydrogen-bond donors (Lipinski definition) is 1. The summed E-state index contributed by atoms with van der Waals surface area (Å²) >= 11 is 0. The maximum Gasteiger partial charge on any atom is 0.426 e. The molecule has 6 nitrogen and oxygen atoms in total. The number of benzene rings is 2. The molecule has 0 aliphatic carbocycles. The van der Waals surface area contributed by atoms with Crippen LogP contribution in [0.3, 0.4) is 0 Å². The molecule has 2 atom stereocenters. The monoisotopic (exact) mass is 430 g/mol.